The lowest BCUT2D eigenvalue weighted by Crippen LogP contribution is -2.72. The molecule has 0 aromatic heterocycles. The topological polar surface area (TPSA) is 78.4 Å². The summed E-state index contributed by atoms with van der Waals surface area (Å²) in [7, 11) is 0. The number of Topliss-reactive ketones (excluding diaryl/α,β-unsaturated/α-hetero) is 1. The van der Waals surface area contributed by atoms with Crippen LogP contribution in [-0.2, 0) is 0 Å². The number of amides is 2. The summed E-state index contributed by atoms with van der Waals surface area (Å²) in [5.74, 6) is -3.23. The van der Waals surface area contributed by atoms with Crippen LogP contribution in [0.5, 0.6) is 0 Å². The Hall–Kier alpha value is -2.00. The van der Waals surface area contributed by atoms with E-state index in [0.717, 1.165) is 0 Å². The van der Waals surface area contributed by atoms with E-state index in [9.17, 15) is 27.9 Å². The fourth-order valence-electron chi connectivity index (χ4n) is 3.12. The van der Waals surface area contributed by atoms with Crippen molar-refractivity contribution in [2.45, 2.75) is 17.9 Å². The molecule has 0 unspecified atom stereocenters. The summed E-state index contributed by atoms with van der Waals surface area (Å²) in [5, 5.41) is 14.6. The first-order chi connectivity index (χ1) is 13.4. The van der Waals surface area contributed by atoms with Gasteiger partial charge in [-0.15, -0.1) is 0 Å². The number of ketones is 1. The number of halogens is 6. The molecule has 3 atom stereocenters. The molecule has 0 radical (unpaired) electrons. The molecule has 1 aliphatic rings. The average Bonchev–Trinajstić information content (AvgIpc) is 2.62. The van der Waals surface area contributed by atoms with Gasteiger partial charge in [0.25, 0.3) is 0 Å². The number of benzene rings is 2. The van der Waals surface area contributed by atoms with E-state index in [0.29, 0.717) is 0 Å². The molecular weight excluding hydrogens is 456 g/mol. The molecule has 1 heterocycles. The lowest BCUT2D eigenvalue weighted by molar-refractivity contribution is -0.287. The van der Waals surface area contributed by atoms with E-state index in [1.54, 1.807) is 0 Å². The van der Waals surface area contributed by atoms with Gasteiger partial charge in [0.05, 0.1) is 16.1 Å². The van der Waals surface area contributed by atoms with Crippen molar-refractivity contribution >= 4 is 46.6 Å². The van der Waals surface area contributed by atoms with Gasteiger partial charge in [0, 0.05) is 10.6 Å². The number of hydrogen-bond acceptors (Lipinski definition) is 3. The molecule has 2 aromatic rings. The van der Waals surface area contributed by atoms with Crippen molar-refractivity contribution in [3.63, 3.8) is 0 Å². The van der Waals surface area contributed by atoms with E-state index in [1.807, 2.05) is 0 Å². The van der Waals surface area contributed by atoms with Gasteiger partial charge in [0.15, 0.2) is 5.78 Å². The molecule has 2 amide bonds. The molecule has 2 aromatic carbocycles. The van der Waals surface area contributed by atoms with E-state index in [1.165, 1.54) is 47.8 Å². The maximum atomic E-state index is 13.8. The van der Waals surface area contributed by atoms with Crippen molar-refractivity contribution in [1.82, 2.24) is 10.6 Å². The Bertz CT molecular complexity index is 969. The SMILES string of the molecule is O=C1N[C@H](c2ccc(Cl)c(Cl)c2)[C@@H](C(=O)c2ccc(Cl)cc2)[C@@](O)(C(F)(F)F)N1. The van der Waals surface area contributed by atoms with E-state index in [4.69, 9.17) is 34.8 Å². The van der Waals surface area contributed by atoms with Crippen LogP contribution >= 0.6 is 34.8 Å². The minimum Gasteiger partial charge on any atom is -0.363 e. The van der Waals surface area contributed by atoms with Crippen LogP contribution in [0.4, 0.5) is 18.0 Å². The van der Waals surface area contributed by atoms with Crippen LogP contribution in [0.1, 0.15) is 22.0 Å². The first-order valence-corrected chi connectivity index (χ1v) is 9.20. The lowest BCUT2D eigenvalue weighted by atomic mass is 9.77. The molecule has 1 saturated heterocycles. The van der Waals surface area contributed by atoms with Gasteiger partial charge >= 0.3 is 12.2 Å². The maximum Gasteiger partial charge on any atom is 0.437 e. The molecule has 0 saturated carbocycles. The number of carbonyl (C=O) groups is 2. The van der Waals surface area contributed by atoms with Gasteiger partial charge in [0.1, 0.15) is 5.92 Å². The Morgan fingerprint density at radius 3 is 2.21 bits per heavy atom. The van der Waals surface area contributed by atoms with Gasteiger partial charge in [0.2, 0.25) is 5.72 Å². The Morgan fingerprint density at radius 1 is 1.03 bits per heavy atom. The largest absolute Gasteiger partial charge is 0.437 e. The third kappa shape index (κ3) is 4.02. The minimum atomic E-state index is -5.36. The Balaban J connectivity index is 2.17. The highest BCUT2D eigenvalue weighted by Gasteiger charge is 2.66. The highest BCUT2D eigenvalue weighted by Crippen LogP contribution is 2.44. The zero-order valence-electron chi connectivity index (χ0n) is 14.2. The molecule has 154 valence electrons. The molecule has 1 fully saturated rings. The summed E-state index contributed by atoms with van der Waals surface area (Å²) < 4.78 is 41.4. The normalized spacial score (nSPS) is 24.6. The van der Waals surface area contributed by atoms with Gasteiger partial charge in [-0.1, -0.05) is 40.9 Å². The third-order valence-corrected chi connectivity index (χ3v) is 5.51. The molecule has 1 aliphatic heterocycles. The van der Waals surface area contributed by atoms with Crippen molar-refractivity contribution < 1.29 is 27.9 Å². The average molecular weight is 468 g/mol. The zero-order valence-corrected chi connectivity index (χ0v) is 16.5. The maximum absolute atomic E-state index is 13.8. The number of aliphatic hydroxyl groups is 1. The highest BCUT2D eigenvalue weighted by molar-refractivity contribution is 6.42. The number of rotatable bonds is 3. The Morgan fingerprint density at radius 2 is 1.66 bits per heavy atom. The predicted molar refractivity (Wildman–Crippen MR) is 101 cm³/mol. The van der Waals surface area contributed by atoms with E-state index < -0.39 is 35.7 Å². The summed E-state index contributed by atoms with van der Waals surface area (Å²) in [6, 6.07) is 6.09. The summed E-state index contributed by atoms with van der Waals surface area (Å²) in [6.07, 6.45) is -5.36. The van der Waals surface area contributed by atoms with Crippen molar-refractivity contribution in [1.29, 1.82) is 0 Å². The lowest BCUT2D eigenvalue weighted by Gasteiger charge is -2.45. The molecule has 0 spiro atoms. The minimum absolute atomic E-state index is 0.00480. The van der Waals surface area contributed by atoms with Crippen molar-refractivity contribution in [2.24, 2.45) is 5.92 Å². The molecule has 11 heteroatoms. The van der Waals surface area contributed by atoms with E-state index in [2.05, 4.69) is 5.32 Å². The zero-order chi connectivity index (χ0) is 21.6. The molecule has 3 N–H and O–H groups in total. The smallest absolute Gasteiger partial charge is 0.363 e. The van der Waals surface area contributed by atoms with Crippen LogP contribution in [0.15, 0.2) is 42.5 Å². The molecular formula is C18H12Cl3F3N2O3. The first-order valence-electron chi connectivity index (χ1n) is 8.06. The monoisotopic (exact) mass is 466 g/mol. The number of alkyl halides is 3. The van der Waals surface area contributed by atoms with E-state index >= 15 is 0 Å². The van der Waals surface area contributed by atoms with E-state index in [-0.39, 0.29) is 26.2 Å². The van der Waals surface area contributed by atoms with Crippen LogP contribution in [0.25, 0.3) is 0 Å². The van der Waals surface area contributed by atoms with Crippen LogP contribution in [0.3, 0.4) is 0 Å². The Labute approximate surface area is 177 Å². The fourth-order valence-corrected chi connectivity index (χ4v) is 3.55. The second-order valence-electron chi connectivity index (χ2n) is 6.36. The van der Waals surface area contributed by atoms with Crippen molar-refractivity contribution in [2.75, 3.05) is 0 Å². The quantitative estimate of drug-likeness (QED) is 0.570. The second-order valence-corrected chi connectivity index (χ2v) is 7.61. The highest BCUT2D eigenvalue weighted by atomic mass is 35.5. The van der Waals surface area contributed by atoms with Gasteiger partial charge in [-0.05, 0) is 42.0 Å². The summed E-state index contributed by atoms with van der Waals surface area (Å²) in [5.41, 5.74) is -3.91. The van der Waals surface area contributed by atoms with Crippen molar-refractivity contribution in [3.05, 3.63) is 68.7 Å². The molecule has 29 heavy (non-hydrogen) atoms. The summed E-state index contributed by atoms with van der Waals surface area (Å²) >= 11 is 17.6. The molecule has 0 aliphatic carbocycles. The number of nitrogens with one attached hydrogen (secondary N) is 2. The molecule has 0 bridgehead atoms. The van der Waals surface area contributed by atoms with Crippen LogP contribution in [-0.4, -0.2) is 28.8 Å². The van der Waals surface area contributed by atoms with Gasteiger partial charge in [-0.2, -0.15) is 13.2 Å². The fraction of sp³-hybridized carbons (Fsp3) is 0.222. The van der Waals surface area contributed by atoms with Gasteiger partial charge in [-0.3, -0.25) is 4.79 Å². The molecule has 5 nitrogen and oxygen atoms in total. The third-order valence-electron chi connectivity index (χ3n) is 4.52. The standard InChI is InChI=1S/C18H12Cl3F3N2O3/c19-10-4-1-8(2-5-10)15(27)13-14(9-3-6-11(20)12(21)7-9)25-16(28)26-17(13,29)18(22,23)24/h1-7,13-14,29H,(H2,25,26,28)/t13-,14+,17+/m0/s1. The molecule has 3 rings (SSSR count). The number of urea groups is 1. The van der Waals surface area contributed by atoms with Crippen LogP contribution < -0.4 is 10.6 Å². The van der Waals surface area contributed by atoms with Gasteiger partial charge < -0.3 is 15.7 Å². The number of carbonyl (C=O) groups excluding carboxylic acids is 2. The van der Waals surface area contributed by atoms with Crippen LogP contribution in [0, 0.1) is 5.92 Å². The van der Waals surface area contributed by atoms with Crippen LogP contribution in [0.2, 0.25) is 15.1 Å². The first kappa shape index (κ1) is 21.7. The number of hydrogen-bond donors (Lipinski definition) is 3. The second kappa shape index (κ2) is 7.68. The van der Waals surface area contributed by atoms with Crippen molar-refractivity contribution in [3.8, 4) is 0 Å². The predicted octanol–water partition coefficient (Wildman–Crippen LogP) is 4.75. The Kier molecular flexibility index (Phi) is 5.75. The summed E-state index contributed by atoms with van der Waals surface area (Å²) in [4.78, 5) is 25.0. The summed E-state index contributed by atoms with van der Waals surface area (Å²) in [6.45, 7) is 0. The van der Waals surface area contributed by atoms with Gasteiger partial charge in [-0.25, -0.2) is 4.79 Å².